The molecule has 0 saturated heterocycles. The zero-order valence-electron chi connectivity index (χ0n) is 14.9. The van der Waals surface area contributed by atoms with Gasteiger partial charge in [-0.15, -0.1) is 0 Å². The molecule has 0 spiro atoms. The molecule has 3 rings (SSSR count). The summed E-state index contributed by atoms with van der Waals surface area (Å²) in [6, 6.07) is 18.5. The molecule has 5 nitrogen and oxygen atoms in total. The first-order valence-corrected chi connectivity index (χ1v) is 10.5. The summed E-state index contributed by atoms with van der Waals surface area (Å²) in [5, 5.41) is 5.32. The Morgan fingerprint density at radius 3 is 2.52 bits per heavy atom. The number of hydrogen-bond acceptors (Lipinski definition) is 3. The zero-order valence-corrected chi connectivity index (χ0v) is 16.5. The number of amides is 1. The number of sulfonamides is 1. The average molecular weight is 403 g/mol. The number of nitrogens with zero attached hydrogens (tertiary/aromatic N) is 1. The van der Waals surface area contributed by atoms with Gasteiger partial charge in [-0.3, -0.25) is 9.10 Å². The van der Waals surface area contributed by atoms with Gasteiger partial charge in [0.05, 0.1) is 17.0 Å². The number of nitrogens with one attached hydrogen (secondary N) is 1. The Bertz CT molecular complexity index is 1110. The van der Waals surface area contributed by atoms with E-state index in [1.807, 2.05) is 42.5 Å². The van der Waals surface area contributed by atoms with Crippen molar-refractivity contribution >= 4 is 44.0 Å². The summed E-state index contributed by atoms with van der Waals surface area (Å²) in [4.78, 5) is 12.6. The first-order chi connectivity index (χ1) is 12.8. The fourth-order valence-electron chi connectivity index (χ4n) is 2.80. The standard InChI is InChI=1S/C20H19ClN2O3S/c1-23(27(2,25)26)19-12-15(10-11-18(19)21)20(24)22-13-16-8-5-7-14-6-3-4-9-17(14)16/h3-12H,13H2,1-2H3,(H,22,24). The average Bonchev–Trinajstić information content (AvgIpc) is 2.65. The number of fused-ring (bicyclic) bond motifs is 1. The van der Waals surface area contributed by atoms with Crippen LogP contribution in [0.2, 0.25) is 5.02 Å². The van der Waals surface area contributed by atoms with Crippen molar-refractivity contribution < 1.29 is 13.2 Å². The van der Waals surface area contributed by atoms with Crippen LogP contribution in [0.5, 0.6) is 0 Å². The molecule has 3 aromatic rings. The number of hydrogen-bond donors (Lipinski definition) is 1. The Morgan fingerprint density at radius 2 is 1.78 bits per heavy atom. The SMILES string of the molecule is CN(c1cc(C(=O)NCc2cccc3ccccc23)ccc1Cl)S(C)(=O)=O. The van der Waals surface area contributed by atoms with E-state index in [1.54, 1.807) is 6.07 Å². The Labute approximate surface area is 163 Å². The van der Waals surface area contributed by atoms with Gasteiger partial charge in [0.15, 0.2) is 0 Å². The Kier molecular flexibility index (Phi) is 5.39. The lowest BCUT2D eigenvalue weighted by Crippen LogP contribution is -2.26. The highest BCUT2D eigenvalue weighted by atomic mass is 35.5. The van der Waals surface area contributed by atoms with Gasteiger partial charge in [0, 0.05) is 19.2 Å². The molecule has 0 aliphatic heterocycles. The van der Waals surface area contributed by atoms with Crippen LogP contribution in [0.1, 0.15) is 15.9 Å². The highest BCUT2D eigenvalue weighted by Crippen LogP contribution is 2.28. The molecule has 140 valence electrons. The predicted octanol–water partition coefficient (Wildman–Crippen LogP) is 3.82. The second kappa shape index (κ2) is 7.58. The van der Waals surface area contributed by atoms with Crippen molar-refractivity contribution in [3.05, 3.63) is 76.8 Å². The molecule has 0 bridgehead atoms. The van der Waals surface area contributed by atoms with Crippen LogP contribution >= 0.6 is 11.6 Å². The van der Waals surface area contributed by atoms with Gasteiger partial charge in [0.25, 0.3) is 5.91 Å². The summed E-state index contributed by atoms with van der Waals surface area (Å²) in [5.74, 6) is -0.303. The molecule has 27 heavy (non-hydrogen) atoms. The van der Waals surface area contributed by atoms with Gasteiger partial charge in [0.2, 0.25) is 10.0 Å². The van der Waals surface area contributed by atoms with Crippen LogP contribution in [0.3, 0.4) is 0 Å². The summed E-state index contributed by atoms with van der Waals surface area (Å²) in [6.07, 6.45) is 1.08. The monoisotopic (exact) mass is 402 g/mol. The van der Waals surface area contributed by atoms with Gasteiger partial charge in [-0.1, -0.05) is 54.1 Å². The molecule has 1 N–H and O–H groups in total. The van der Waals surface area contributed by atoms with Gasteiger partial charge in [0.1, 0.15) is 0 Å². The van der Waals surface area contributed by atoms with Crippen molar-refractivity contribution in [3.63, 3.8) is 0 Å². The van der Waals surface area contributed by atoms with Crippen LogP contribution in [0.15, 0.2) is 60.7 Å². The predicted molar refractivity (Wildman–Crippen MR) is 110 cm³/mol. The molecule has 0 atom stereocenters. The van der Waals surface area contributed by atoms with Crippen molar-refractivity contribution in [1.82, 2.24) is 5.32 Å². The van der Waals surface area contributed by atoms with E-state index in [4.69, 9.17) is 11.6 Å². The van der Waals surface area contributed by atoms with E-state index in [0.717, 1.165) is 26.9 Å². The van der Waals surface area contributed by atoms with Crippen LogP contribution in [-0.4, -0.2) is 27.6 Å². The third-order valence-corrected chi connectivity index (χ3v) is 5.88. The van der Waals surface area contributed by atoms with Crippen molar-refractivity contribution in [1.29, 1.82) is 0 Å². The lowest BCUT2D eigenvalue weighted by atomic mass is 10.0. The minimum absolute atomic E-state index is 0.258. The van der Waals surface area contributed by atoms with Crippen LogP contribution in [0, 0.1) is 0 Å². The lowest BCUT2D eigenvalue weighted by Gasteiger charge is -2.19. The van der Waals surface area contributed by atoms with E-state index in [9.17, 15) is 13.2 Å². The molecular weight excluding hydrogens is 384 g/mol. The molecule has 0 aliphatic rings. The molecule has 1 amide bonds. The largest absolute Gasteiger partial charge is 0.348 e. The maximum atomic E-state index is 12.6. The van der Waals surface area contributed by atoms with E-state index < -0.39 is 10.0 Å². The quantitative estimate of drug-likeness (QED) is 0.705. The zero-order chi connectivity index (χ0) is 19.6. The van der Waals surface area contributed by atoms with Crippen molar-refractivity contribution in [2.24, 2.45) is 0 Å². The van der Waals surface area contributed by atoms with Crippen molar-refractivity contribution in [2.45, 2.75) is 6.54 Å². The number of anilines is 1. The van der Waals surface area contributed by atoms with Gasteiger partial charge >= 0.3 is 0 Å². The maximum absolute atomic E-state index is 12.6. The van der Waals surface area contributed by atoms with Crippen LogP contribution in [-0.2, 0) is 16.6 Å². The van der Waals surface area contributed by atoms with E-state index in [2.05, 4.69) is 5.32 Å². The lowest BCUT2D eigenvalue weighted by molar-refractivity contribution is 0.0951. The molecular formula is C20H19ClN2O3S. The Hall–Kier alpha value is -2.57. The Morgan fingerprint density at radius 1 is 1.07 bits per heavy atom. The summed E-state index contributed by atoms with van der Waals surface area (Å²) in [7, 11) is -2.09. The van der Waals surface area contributed by atoms with E-state index in [1.165, 1.54) is 19.2 Å². The number of carbonyl (C=O) groups excluding carboxylic acids is 1. The summed E-state index contributed by atoms with van der Waals surface area (Å²) >= 11 is 6.10. The first-order valence-electron chi connectivity index (χ1n) is 8.25. The molecule has 0 saturated carbocycles. The summed E-state index contributed by atoms with van der Waals surface area (Å²) in [5.41, 5.74) is 1.60. The minimum Gasteiger partial charge on any atom is -0.348 e. The molecule has 7 heteroatoms. The van der Waals surface area contributed by atoms with Crippen LogP contribution < -0.4 is 9.62 Å². The van der Waals surface area contributed by atoms with Gasteiger partial charge in [-0.2, -0.15) is 0 Å². The topological polar surface area (TPSA) is 66.5 Å². The highest BCUT2D eigenvalue weighted by molar-refractivity contribution is 7.92. The molecule has 0 heterocycles. The molecule has 0 aromatic heterocycles. The van der Waals surface area contributed by atoms with Gasteiger partial charge in [-0.25, -0.2) is 8.42 Å². The van der Waals surface area contributed by atoms with Crippen LogP contribution in [0.25, 0.3) is 10.8 Å². The number of halogens is 1. The Balaban J connectivity index is 1.82. The molecule has 0 fully saturated rings. The maximum Gasteiger partial charge on any atom is 0.251 e. The number of carbonyl (C=O) groups is 1. The second-order valence-corrected chi connectivity index (χ2v) is 8.64. The van der Waals surface area contributed by atoms with Crippen molar-refractivity contribution in [2.75, 3.05) is 17.6 Å². The second-order valence-electron chi connectivity index (χ2n) is 6.22. The van der Waals surface area contributed by atoms with Gasteiger partial charge in [-0.05, 0) is 34.5 Å². The fraction of sp³-hybridized carbons (Fsp3) is 0.150. The van der Waals surface area contributed by atoms with Crippen LogP contribution in [0.4, 0.5) is 5.69 Å². The fourth-order valence-corrected chi connectivity index (χ4v) is 3.60. The van der Waals surface area contributed by atoms with Crippen molar-refractivity contribution in [3.8, 4) is 0 Å². The molecule has 0 radical (unpaired) electrons. The normalized spacial score (nSPS) is 11.4. The third kappa shape index (κ3) is 4.23. The van der Waals surface area contributed by atoms with E-state index in [0.29, 0.717) is 12.1 Å². The molecule has 3 aromatic carbocycles. The minimum atomic E-state index is -3.48. The molecule has 0 aliphatic carbocycles. The first kappa shape index (κ1) is 19.2. The third-order valence-electron chi connectivity index (χ3n) is 4.36. The molecule has 0 unspecified atom stereocenters. The summed E-state index contributed by atoms with van der Waals surface area (Å²) < 4.78 is 24.6. The van der Waals surface area contributed by atoms with E-state index >= 15 is 0 Å². The smallest absolute Gasteiger partial charge is 0.251 e. The number of rotatable bonds is 5. The number of benzene rings is 3. The van der Waals surface area contributed by atoms with E-state index in [-0.39, 0.29) is 16.6 Å². The van der Waals surface area contributed by atoms with Gasteiger partial charge < -0.3 is 5.32 Å². The highest BCUT2D eigenvalue weighted by Gasteiger charge is 2.17. The summed E-state index contributed by atoms with van der Waals surface area (Å²) in [6.45, 7) is 0.361.